The summed E-state index contributed by atoms with van der Waals surface area (Å²) >= 11 is 0. The quantitative estimate of drug-likeness (QED) is 0.186. The molecule has 0 unspecified atom stereocenters. The highest BCUT2D eigenvalue weighted by atomic mass is 79.9. The van der Waals surface area contributed by atoms with E-state index in [0.29, 0.717) is 18.9 Å². The molecule has 3 aliphatic heterocycles. The fraction of sp³-hybridized carbons (Fsp3) is 0.900. The van der Waals surface area contributed by atoms with Crippen LogP contribution in [0.15, 0.2) is 0 Å². The van der Waals surface area contributed by atoms with Gasteiger partial charge < -0.3 is 53.6 Å². The Morgan fingerprint density at radius 2 is 1.14 bits per heavy atom. The SMILES string of the molecule is CNCCCCCCCCNC(=O)C[N+]12CC[N+](CC(C)=O)(CC1)CC2.[Br-].[Br-]. The predicted molar refractivity (Wildman–Crippen MR) is 105 cm³/mol. The number of piperazine rings is 3. The fourth-order valence-corrected chi connectivity index (χ4v) is 4.61. The Morgan fingerprint density at radius 3 is 1.61 bits per heavy atom. The van der Waals surface area contributed by atoms with Crippen molar-refractivity contribution in [2.45, 2.75) is 45.4 Å². The van der Waals surface area contributed by atoms with Crippen molar-refractivity contribution in [2.75, 3.05) is 72.5 Å². The number of quaternary nitrogens is 2. The lowest BCUT2D eigenvalue weighted by atomic mass is 10.1. The Hall–Kier alpha value is -0.0200. The molecule has 3 aliphatic rings. The van der Waals surface area contributed by atoms with Crippen LogP contribution >= 0.6 is 0 Å². The molecule has 166 valence electrons. The van der Waals surface area contributed by atoms with Crippen LogP contribution < -0.4 is 44.6 Å². The van der Waals surface area contributed by atoms with Gasteiger partial charge in [-0.05, 0) is 26.4 Å². The molecule has 3 rings (SSSR count). The molecule has 0 aromatic carbocycles. The van der Waals surface area contributed by atoms with E-state index in [-0.39, 0.29) is 39.9 Å². The van der Waals surface area contributed by atoms with E-state index in [2.05, 4.69) is 10.6 Å². The molecule has 3 saturated heterocycles. The van der Waals surface area contributed by atoms with Gasteiger partial charge in [-0.15, -0.1) is 0 Å². The van der Waals surface area contributed by atoms with Crippen LogP contribution in [0.3, 0.4) is 0 Å². The summed E-state index contributed by atoms with van der Waals surface area (Å²) < 4.78 is 1.90. The molecule has 28 heavy (non-hydrogen) atoms. The van der Waals surface area contributed by atoms with Crippen molar-refractivity contribution in [1.29, 1.82) is 0 Å². The second-order valence-corrected chi connectivity index (χ2v) is 8.62. The van der Waals surface area contributed by atoms with Gasteiger partial charge in [0.15, 0.2) is 12.3 Å². The van der Waals surface area contributed by atoms with Crippen molar-refractivity contribution < 1.29 is 52.5 Å². The number of halogens is 2. The zero-order valence-corrected chi connectivity index (χ0v) is 21.0. The summed E-state index contributed by atoms with van der Waals surface area (Å²) in [6.07, 6.45) is 7.45. The van der Waals surface area contributed by atoms with E-state index in [1.807, 2.05) is 7.05 Å². The molecule has 0 aromatic rings. The highest BCUT2D eigenvalue weighted by Crippen LogP contribution is 2.26. The maximum Gasteiger partial charge on any atom is 0.275 e. The summed E-state index contributed by atoms with van der Waals surface area (Å²) in [7, 11) is 2.00. The molecule has 2 bridgehead atoms. The molecule has 0 spiro atoms. The summed E-state index contributed by atoms with van der Waals surface area (Å²) in [5, 5.41) is 6.32. The number of nitrogens with one attached hydrogen (secondary N) is 2. The Morgan fingerprint density at radius 1 is 0.714 bits per heavy atom. The normalized spacial score (nSPS) is 25.5. The summed E-state index contributed by atoms with van der Waals surface area (Å²) in [4.78, 5) is 23.9. The zero-order valence-electron chi connectivity index (χ0n) is 17.8. The number of ketones is 1. The third-order valence-corrected chi connectivity index (χ3v) is 6.36. The first-order valence-electron chi connectivity index (χ1n) is 10.6. The van der Waals surface area contributed by atoms with Crippen molar-refractivity contribution in [2.24, 2.45) is 0 Å². The van der Waals surface area contributed by atoms with Gasteiger partial charge in [0.1, 0.15) is 45.8 Å². The van der Waals surface area contributed by atoms with Crippen LogP contribution in [0.4, 0.5) is 0 Å². The molecule has 0 saturated carbocycles. The molecule has 0 radical (unpaired) electrons. The van der Waals surface area contributed by atoms with E-state index in [0.717, 1.165) is 67.7 Å². The first-order valence-corrected chi connectivity index (χ1v) is 10.6. The van der Waals surface area contributed by atoms with Crippen LogP contribution in [0.2, 0.25) is 0 Å². The largest absolute Gasteiger partial charge is 1.00 e. The van der Waals surface area contributed by atoms with Gasteiger partial charge in [-0.3, -0.25) is 9.59 Å². The lowest BCUT2D eigenvalue weighted by Gasteiger charge is -2.54. The topological polar surface area (TPSA) is 58.2 Å². The minimum absolute atomic E-state index is 0. The second kappa shape index (κ2) is 14.1. The molecular formula is C20H40Br2N4O2. The van der Waals surface area contributed by atoms with E-state index in [4.69, 9.17) is 0 Å². The van der Waals surface area contributed by atoms with Gasteiger partial charge in [0, 0.05) is 13.5 Å². The second-order valence-electron chi connectivity index (χ2n) is 8.62. The van der Waals surface area contributed by atoms with Crippen molar-refractivity contribution in [3.63, 3.8) is 0 Å². The van der Waals surface area contributed by atoms with Gasteiger partial charge in [0.2, 0.25) is 0 Å². The summed E-state index contributed by atoms with van der Waals surface area (Å²) in [5.74, 6) is 0.513. The number of carbonyl (C=O) groups is 2. The van der Waals surface area contributed by atoms with Crippen molar-refractivity contribution in [1.82, 2.24) is 10.6 Å². The minimum Gasteiger partial charge on any atom is -1.00 e. The number of nitrogens with zero attached hydrogens (tertiary/aromatic N) is 2. The van der Waals surface area contributed by atoms with Gasteiger partial charge >= 0.3 is 0 Å². The number of rotatable bonds is 13. The molecule has 3 fully saturated rings. The number of amides is 1. The Bertz CT molecular complexity index is 453. The molecule has 1 amide bonds. The van der Waals surface area contributed by atoms with Crippen LogP contribution in [0.25, 0.3) is 0 Å². The molecule has 0 aliphatic carbocycles. The van der Waals surface area contributed by atoms with E-state index in [1.165, 1.54) is 32.1 Å². The first kappa shape index (κ1) is 28.0. The van der Waals surface area contributed by atoms with Crippen molar-refractivity contribution in [3.8, 4) is 0 Å². The van der Waals surface area contributed by atoms with Crippen LogP contribution in [0.1, 0.15) is 45.4 Å². The number of carbonyl (C=O) groups excluding carboxylic acids is 2. The van der Waals surface area contributed by atoms with Gasteiger partial charge in [-0.25, -0.2) is 0 Å². The Kier molecular flexibility index (Phi) is 14.1. The molecule has 0 aromatic heterocycles. The Labute approximate surface area is 192 Å². The highest BCUT2D eigenvalue weighted by Gasteiger charge is 2.50. The summed E-state index contributed by atoms with van der Waals surface area (Å²) in [6, 6.07) is 0. The van der Waals surface area contributed by atoms with E-state index in [9.17, 15) is 9.59 Å². The van der Waals surface area contributed by atoms with E-state index < -0.39 is 0 Å². The maximum absolute atomic E-state index is 12.4. The Balaban J connectivity index is 0.00000364. The molecule has 3 heterocycles. The van der Waals surface area contributed by atoms with Crippen molar-refractivity contribution >= 4 is 11.7 Å². The monoisotopic (exact) mass is 526 g/mol. The number of hydrogen-bond donors (Lipinski definition) is 2. The lowest BCUT2D eigenvalue weighted by molar-refractivity contribution is -1.07. The lowest BCUT2D eigenvalue weighted by Crippen LogP contribution is -3.00. The van der Waals surface area contributed by atoms with E-state index >= 15 is 0 Å². The van der Waals surface area contributed by atoms with Crippen molar-refractivity contribution in [3.05, 3.63) is 0 Å². The fourth-order valence-electron chi connectivity index (χ4n) is 4.61. The number of Topliss-reactive ketones (excluding diaryl/α,β-unsaturated/α-hetero) is 1. The van der Waals surface area contributed by atoms with Crippen LogP contribution in [-0.4, -0.2) is 93.2 Å². The van der Waals surface area contributed by atoms with Gasteiger partial charge in [0.05, 0.1) is 0 Å². The number of hydrogen-bond acceptors (Lipinski definition) is 3. The molecule has 0 atom stereocenters. The minimum atomic E-state index is 0. The number of fused-ring (bicyclic) bond motifs is 3. The zero-order chi connectivity index (χ0) is 18.9. The third kappa shape index (κ3) is 9.20. The highest BCUT2D eigenvalue weighted by molar-refractivity contribution is 5.77. The smallest absolute Gasteiger partial charge is 0.275 e. The van der Waals surface area contributed by atoms with Gasteiger partial charge in [0.25, 0.3) is 5.91 Å². The summed E-state index contributed by atoms with van der Waals surface area (Å²) in [6.45, 7) is 11.3. The van der Waals surface area contributed by atoms with Crippen LogP contribution in [0, 0.1) is 0 Å². The summed E-state index contributed by atoms with van der Waals surface area (Å²) in [5.41, 5.74) is 0. The van der Waals surface area contributed by atoms with Gasteiger partial charge in [-0.1, -0.05) is 25.7 Å². The van der Waals surface area contributed by atoms with Crippen LogP contribution in [-0.2, 0) is 9.59 Å². The van der Waals surface area contributed by atoms with Gasteiger partial charge in [-0.2, -0.15) is 0 Å². The number of unbranched alkanes of at least 4 members (excludes halogenated alkanes) is 5. The average molecular weight is 528 g/mol. The van der Waals surface area contributed by atoms with E-state index in [1.54, 1.807) is 6.92 Å². The van der Waals surface area contributed by atoms with Crippen LogP contribution in [0.5, 0.6) is 0 Å². The third-order valence-electron chi connectivity index (χ3n) is 6.36. The maximum atomic E-state index is 12.4. The molecular weight excluding hydrogens is 488 g/mol. The molecule has 2 N–H and O–H groups in total. The molecule has 6 nitrogen and oxygen atoms in total. The first-order chi connectivity index (χ1) is 12.5. The average Bonchev–Trinajstić information content (AvgIpc) is 2.61. The standard InChI is InChI=1S/C20H39N4O2.2BrH/c1-19(25)17-23-11-14-24(15-12-23,16-13-23)18-20(26)22-10-8-6-4-3-5-7-9-21-2;;/h21H,3-18H2,1-2H3;2*1H/q+1;;/p-1. The molecule has 8 heteroatoms. The predicted octanol–water partition coefficient (Wildman–Crippen LogP) is -5.08.